The number of benzene rings is 1. The molecular weight excluding hydrogens is 231 g/mol. The number of hydrogen-bond acceptors (Lipinski definition) is 3. The van der Waals surface area contributed by atoms with Gasteiger partial charge in [-0.2, -0.15) is 5.10 Å². The predicted octanol–water partition coefficient (Wildman–Crippen LogP) is 2.47. The van der Waals surface area contributed by atoms with E-state index in [1.807, 2.05) is 6.07 Å². The maximum Gasteiger partial charge on any atom is 0.178 e. The van der Waals surface area contributed by atoms with Crippen LogP contribution in [-0.4, -0.2) is 19.7 Å². The van der Waals surface area contributed by atoms with Gasteiger partial charge in [-0.3, -0.25) is 0 Å². The van der Waals surface area contributed by atoms with Crippen molar-refractivity contribution in [3.05, 3.63) is 60.8 Å². The normalized spacial score (nSPS) is 10.5. The molecule has 2 heterocycles. The maximum absolute atomic E-state index is 12.9. The molecule has 0 aliphatic heterocycles. The molecular formula is C13H9FN4. The molecule has 0 spiro atoms. The van der Waals surface area contributed by atoms with Crippen molar-refractivity contribution >= 4 is 0 Å². The predicted molar refractivity (Wildman–Crippen MR) is 64.5 cm³/mol. The quantitative estimate of drug-likeness (QED) is 0.691. The van der Waals surface area contributed by atoms with Crippen LogP contribution < -0.4 is 0 Å². The fourth-order valence-electron chi connectivity index (χ4n) is 1.69. The van der Waals surface area contributed by atoms with E-state index in [0.717, 1.165) is 11.4 Å². The molecule has 0 aliphatic rings. The molecule has 0 atom stereocenters. The number of nitrogens with zero attached hydrogens (tertiary/aromatic N) is 4. The third-order valence-electron chi connectivity index (χ3n) is 2.51. The van der Waals surface area contributed by atoms with Gasteiger partial charge in [0.05, 0.1) is 11.9 Å². The Kier molecular flexibility index (Phi) is 2.57. The molecule has 4 nitrogen and oxygen atoms in total. The van der Waals surface area contributed by atoms with Crippen LogP contribution in [0.4, 0.5) is 4.39 Å². The second-order valence-corrected chi connectivity index (χ2v) is 3.68. The zero-order chi connectivity index (χ0) is 12.4. The van der Waals surface area contributed by atoms with Crippen LogP contribution >= 0.6 is 0 Å². The van der Waals surface area contributed by atoms with Crippen LogP contribution in [-0.2, 0) is 0 Å². The first kappa shape index (κ1) is 10.6. The van der Waals surface area contributed by atoms with Crippen LogP contribution in [0.25, 0.3) is 17.2 Å². The molecule has 0 unspecified atom stereocenters. The lowest BCUT2D eigenvalue weighted by atomic mass is 10.3. The van der Waals surface area contributed by atoms with E-state index in [1.54, 1.807) is 41.5 Å². The van der Waals surface area contributed by atoms with Crippen LogP contribution in [0, 0.1) is 5.82 Å². The van der Waals surface area contributed by atoms with Crippen molar-refractivity contribution in [1.82, 2.24) is 19.7 Å². The van der Waals surface area contributed by atoms with Crippen LogP contribution in [0.15, 0.2) is 55.0 Å². The van der Waals surface area contributed by atoms with E-state index in [2.05, 4.69) is 15.1 Å². The van der Waals surface area contributed by atoms with Crippen molar-refractivity contribution in [3.63, 3.8) is 0 Å². The second-order valence-electron chi connectivity index (χ2n) is 3.68. The molecule has 0 saturated carbocycles. The number of aromatic nitrogens is 4. The largest absolute Gasteiger partial charge is 0.235 e. The lowest BCUT2D eigenvalue weighted by Crippen LogP contribution is -2.00. The van der Waals surface area contributed by atoms with E-state index < -0.39 is 0 Å². The van der Waals surface area contributed by atoms with Gasteiger partial charge >= 0.3 is 0 Å². The van der Waals surface area contributed by atoms with E-state index in [-0.39, 0.29) is 5.82 Å². The molecule has 2 aromatic heterocycles. The van der Waals surface area contributed by atoms with Gasteiger partial charge in [0, 0.05) is 12.4 Å². The first-order valence-corrected chi connectivity index (χ1v) is 5.42. The smallest absolute Gasteiger partial charge is 0.178 e. The third kappa shape index (κ3) is 1.86. The standard InChI is InChI=1S/C13H9FN4/c14-10-2-4-11(5-3-10)18-12(6-9-17-18)13-15-7-1-8-16-13/h1-9H. The first-order valence-electron chi connectivity index (χ1n) is 5.42. The number of halogens is 1. The first-order chi connectivity index (χ1) is 8.84. The Labute approximate surface area is 103 Å². The second kappa shape index (κ2) is 4.37. The topological polar surface area (TPSA) is 43.6 Å². The molecule has 3 aromatic rings. The fourth-order valence-corrected chi connectivity index (χ4v) is 1.69. The monoisotopic (exact) mass is 240 g/mol. The summed E-state index contributed by atoms with van der Waals surface area (Å²) >= 11 is 0. The SMILES string of the molecule is Fc1ccc(-n2nccc2-c2ncccn2)cc1. The van der Waals surface area contributed by atoms with Crippen molar-refractivity contribution in [2.75, 3.05) is 0 Å². The van der Waals surface area contributed by atoms with Crippen LogP contribution in [0.1, 0.15) is 0 Å². The lowest BCUT2D eigenvalue weighted by molar-refractivity contribution is 0.627. The van der Waals surface area contributed by atoms with E-state index in [9.17, 15) is 4.39 Å². The van der Waals surface area contributed by atoms with Crippen LogP contribution in [0.2, 0.25) is 0 Å². The summed E-state index contributed by atoms with van der Waals surface area (Å²) < 4.78 is 14.6. The molecule has 0 amide bonds. The number of rotatable bonds is 2. The summed E-state index contributed by atoms with van der Waals surface area (Å²) in [6.45, 7) is 0. The highest BCUT2D eigenvalue weighted by Crippen LogP contribution is 2.18. The highest BCUT2D eigenvalue weighted by Gasteiger charge is 2.09. The van der Waals surface area contributed by atoms with Gasteiger partial charge in [-0.1, -0.05) is 0 Å². The minimum atomic E-state index is -0.275. The molecule has 18 heavy (non-hydrogen) atoms. The lowest BCUT2D eigenvalue weighted by Gasteiger charge is -2.05. The summed E-state index contributed by atoms with van der Waals surface area (Å²) in [5.74, 6) is 0.308. The Morgan fingerprint density at radius 1 is 0.889 bits per heavy atom. The van der Waals surface area contributed by atoms with Crippen molar-refractivity contribution in [3.8, 4) is 17.2 Å². The van der Waals surface area contributed by atoms with Crippen molar-refractivity contribution in [2.45, 2.75) is 0 Å². The molecule has 0 radical (unpaired) electrons. The Balaban J connectivity index is 2.10. The summed E-state index contributed by atoms with van der Waals surface area (Å²) in [4.78, 5) is 8.36. The number of hydrogen-bond donors (Lipinski definition) is 0. The van der Waals surface area contributed by atoms with Crippen molar-refractivity contribution in [1.29, 1.82) is 0 Å². The molecule has 0 N–H and O–H groups in total. The Morgan fingerprint density at radius 2 is 1.61 bits per heavy atom. The Bertz CT molecular complexity index is 646. The van der Waals surface area contributed by atoms with Gasteiger partial charge in [0.2, 0.25) is 0 Å². The summed E-state index contributed by atoms with van der Waals surface area (Å²) in [7, 11) is 0. The highest BCUT2D eigenvalue weighted by molar-refractivity contribution is 5.53. The average Bonchev–Trinajstić information content (AvgIpc) is 2.90. The van der Waals surface area contributed by atoms with Gasteiger partial charge in [0.15, 0.2) is 5.82 Å². The zero-order valence-electron chi connectivity index (χ0n) is 9.36. The maximum atomic E-state index is 12.9. The van der Waals surface area contributed by atoms with E-state index in [1.165, 1.54) is 12.1 Å². The molecule has 0 saturated heterocycles. The van der Waals surface area contributed by atoms with Gasteiger partial charge in [-0.15, -0.1) is 0 Å². The van der Waals surface area contributed by atoms with Gasteiger partial charge < -0.3 is 0 Å². The molecule has 0 bridgehead atoms. The van der Waals surface area contributed by atoms with Crippen molar-refractivity contribution in [2.24, 2.45) is 0 Å². The molecule has 3 rings (SSSR count). The average molecular weight is 240 g/mol. The third-order valence-corrected chi connectivity index (χ3v) is 2.51. The summed E-state index contributed by atoms with van der Waals surface area (Å²) in [6, 6.07) is 9.68. The van der Waals surface area contributed by atoms with E-state index >= 15 is 0 Å². The van der Waals surface area contributed by atoms with Gasteiger partial charge in [0.25, 0.3) is 0 Å². The molecule has 0 aliphatic carbocycles. The summed E-state index contributed by atoms with van der Waals surface area (Å²) in [6.07, 6.45) is 5.00. The fraction of sp³-hybridized carbons (Fsp3) is 0. The van der Waals surface area contributed by atoms with Crippen molar-refractivity contribution < 1.29 is 4.39 Å². The van der Waals surface area contributed by atoms with Gasteiger partial charge in [-0.25, -0.2) is 19.0 Å². The minimum absolute atomic E-state index is 0.275. The summed E-state index contributed by atoms with van der Waals surface area (Å²) in [5.41, 5.74) is 1.53. The summed E-state index contributed by atoms with van der Waals surface area (Å²) in [5, 5.41) is 4.21. The Morgan fingerprint density at radius 3 is 2.33 bits per heavy atom. The highest BCUT2D eigenvalue weighted by atomic mass is 19.1. The Hall–Kier alpha value is -2.56. The molecule has 0 fully saturated rings. The van der Waals surface area contributed by atoms with Crippen LogP contribution in [0.3, 0.4) is 0 Å². The minimum Gasteiger partial charge on any atom is -0.235 e. The zero-order valence-corrected chi connectivity index (χ0v) is 9.36. The van der Waals surface area contributed by atoms with E-state index in [4.69, 9.17) is 0 Å². The molecule has 5 heteroatoms. The molecule has 1 aromatic carbocycles. The van der Waals surface area contributed by atoms with Gasteiger partial charge in [-0.05, 0) is 36.4 Å². The van der Waals surface area contributed by atoms with Gasteiger partial charge in [0.1, 0.15) is 11.5 Å². The molecule has 88 valence electrons. The van der Waals surface area contributed by atoms with Crippen LogP contribution in [0.5, 0.6) is 0 Å². The van der Waals surface area contributed by atoms with E-state index in [0.29, 0.717) is 5.82 Å².